The van der Waals surface area contributed by atoms with Crippen LogP contribution in [0.1, 0.15) is 65.2 Å². The van der Waals surface area contributed by atoms with E-state index in [2.05, 4.69) is 13.8 Å². The SMILES string of the molecule is CCCCCC[P+](=O)[O-].CCCCCC[P+](=O)[O-].[Co+2]. The molecule has 0 aliphatic rings. The zero-order valence-corrected chi connectivity index (χ0v) is 14.8. The third kappa shape index (κ3) is 32.3. The average molecular weight is 355 g/mol. The summed E-state index contributed by atoms with van der Waals surface area (Å²) >= 11 is 0. The number of rotatable bonds is 10. The fourth-order valence-electron chi connectivity index (χ4n) is 1.34. The molecule has 19 heavy (non-hydrogen) atoms. The third-order valence-corrected chi connectivity index (χ3v) is 3.75. The van der Waals surface area contributed by atoms with Gasteiger partial charge < -0.3 is 9.79 Å². The van der Waals surface area contributed by atoms with Gasteiger partial charge in [-0.25, -0.2) is 0 Å². The van der Waals surface area contributed by atoms with Crippen LogP contribution in [-0.2, 0) is 25.9 Å². The van der Waals surface area contributed by atoms with E-state index < -0.39 is 16.1 Å². The van der Waals surface area contributed by atoms with Gasteiger partial charge in [-0.1, -0.05) is 48.7 Å². The molecule has 0 aliphatic heterocycles. The van der Waals surface area contributed by atoms with Gasteiger partial charge in [-0.3, -0.25) is 0 Å². The Kier molecular flexibility index (Phi) is 27.1. The van der Waals surface area contributed by atoms with E-state index in [0.717, 1.165) is 51.4 Å². The quantitative estimate of drug-likeness (QED) is 0.445. The molecule has 0 N–H and O–H groups in total. The Labute approximate surface area is 129 Å². The summed E-state index contributed by atoms with van der Waals surface area (Å²) in [6.07, 6.45) is 9.17. The molecule has 115 valence electrons. The maximum atomic E-state index is 10.00. The molecule has 4 nitrogen and oxygen atoms in total. The minimum absolute atomic E-state index is 0. The van der Waals surface area contributed by atoms with Crippen LogP contribution in [-0.4, -0.2) is 12.3 Å². The molecule has 1 radical (unpaired) electrons. The standard InChI is InChI=1S/2C6H13O2P.Co/c2*1-2-3-4-5-6-9(7)8;/h2*2-6H2,1H3;/q;;+2. The Morgan fingerprint density at radius 3 is 1.21 bits per heavy atom. The fourth-order valence-corrected chi connectivity index (χ4v) is 2.30. The molecule has 0 fully saturated rings. The van der Waals surface area contributed by atoms with Crippen LogP contribution in [0.4, 0.5) is 0 Å². The van der Waals surface area contributed by atoms with Crippen LogP contribution in [0.25, 0.3) is 0 Å². The summed E-state index contributed by atoms with van der Waals surface area (Å²) in [6.45, 7) is 4.22. The maximum absolute atomic E-state index is 10.00. The largest absolute Gasteiger partial charge is 2.00 e. The molecule has 2 atom stereocenters. The van der Waals surface area contributed by atoms with Crippen molar-refractivity contribution >= 4 is 16.1 Å². The Bertz CT molecular complexity index is 194. The predicted molar refractivity (Wildman–Crippen MR) is 73.2 cm³/mol. The second-order valence-electron chi connectivity index (χ2n) is 4.23. The minimum atomic E-state index is -2.12. The normalized spacial score (nSPS) is 10.9. The van der Waals surface area contributed by atoms with Crippen molar-refractivity contribution in [3.8, 4) is 0 Å². The second kappa shape index (κ2) is 20.9. The molecule has 0 aromatic heterocycles. The molecular formula is C12H26CoO4P2+2. The van der Waals surface area contributed by atoms with Crippen molar-refractivity contribution in [2.24, 2.45) is 0 Å². The molecule has 0 rings (SSSR count). The van der Waals surface area contributed by atoms with Crippen LogP contribution in [0.3, 0.4) is 0 Å². The van der Waals surface area contributed by atoms with Crippen molar-refractivity contribution in [1.82, 2.24) is 0 Å². The van der Waals surface area contributed by atoms with E-state index in [1.165, 1.54) is 0 Å². The molecule has 2 unspecified atom stereocenters. The van der Waals surface area contributed by atoms with Crippen molar-refractivity contribution < 1.29 is 35.7 Å². The van der Waals surface area contributed by atoms with Crippen molar-refractivity contribution in [1.29, 1.82) is 0 Å². The van der Waals surface area contributed by atoms with Crippen LogP contribution in [0.5, 0.6) is 0 Å². The predicted octanol–water partition coefficient (Wildman–Crippen LogP) is 3.34. The Hall–Kier alpha value is 0.626. The van der Waals surface area contributed by atoms with Gasteiger partial charge in [0.05, 0.1) is 0 Å². The molecule has 0 saturated carbocycles. The van der Waals surface area contributed by atoms with Crippen LogP contribution in [0, 0.1) is 0 Å². The van der Waals surface area contributed by atoms with Gasteiger partial charge in [-0.05, 0) is 25.7 Å². The summed E-state index contributed by atoms with van der Waals surface area (Å²) in [7, 11) is -4.23. The van der Waals surface area contributed by atoms with Gasteiger partial charge in [0.1, 0.15) is 12.3 Å². The topological polar surface area (TPSA) is 80.3 Å². The van der Waals surface area contributed by atoms with E-state index >= 15 is 0 Å². The fraction of sp³-hybridized carbons (Fsp3) is 1.00. The molecular weight excluding hydrogens is 329 g/mol. The van der Waals surface area contributed by atoms with E-state index in [-0.39, 0.29) is 16.8 Å². The monoisotopic (exact) mass is 355 g/mol. The molecule has 0 amide bonds. The Morgan fingerprint density at radius 2 is 1.00 bits per heavy atom. The van der Waals surface area contributed by atoms with Crippen LogP contribution in [0.2, 0.25) is 0 Å². The van der Waals surface area contributed by atoms with Crippen molar-refractivity contribution in [2.45, 2.75) is 65.2 Å². The maximum Gasteiger partial charge on any atom is 2.00 e. The smallest absolute Gasteiger partial charge is 0.596 e. The molecule has 0 spiro atoms. The Balaban J connectivity index is -0.000000256. The van der Waals surface area contributed by atoms with Gasteiger partial charge in [0.15, 0.2) is 0 Å². The van der Waals surface area contributed by atoms with E-state index in [1.807, 2.05) is 0 Å². The summed E-state index contributed by atoms with van der Waals surface area (Å²) in [5, 5.41) is 0. The first-order valence-electron chi connectivity index (χ1n) is 6.78. The zero-order chi connectivity index (χ0) is 14.2. The molecule has 0 aliphatic carbocycles. The number of hydrogen-bond donors (Lipinski definition) is 0. The van der Waals surface area contributed by atoms with Crippen molar-refractivity contribution in [3.05, 3.63) is 0 Å². The first kappa shape index (κ1) is 24.6. The molecule has 0 saturated heterocycles. The Morgan fingerprint density at radius 1 is 0.684 bits per heavy atom. The summed E-state index contributed by atoms with van der Waals surface area (Å²) in [5.74, 6) is 0. The van der Waals surface area contributed by atoms with Crippen molar-refractivity contribution in [3.63, 3.8) is 0 Å². The number of hydrogen-bond acceptors (Lipinski definition) is 4. The third-order valence-electron chi connectivity index (χ3n) is 2.39. The van der Waals surface area contributed by atoms with E-state index in [0.29, 0.717) is 12.3 Å². The summed E-state index contributed by atoms with van der Waals surface area (Å²) in [4.78, 5) is 20.0. The van der Waals surface area contributed by atoms with Crippen LogP contribution in [0.15, 0.2) is 0 Å². The van der Waals surface area contributed by atoms with Crippen molar-refractivity contribution in [2.75, 3.05) is 12.3 Å². The van der Waals surface area contributed by atoms with E-state index in [1.54, 1.807) is 0 Å². The first-order chi connectivity index (χ1) is 8.54. The van der Waals surface area contributed by atoms with Gasteiger partial charge in [-0.2, -0.15) is 0 Å². The molecule has 0 bridgehead atoms. The number of unbranched alkanes of at least 4 members (excludes halogenated alkanes) is 6. The van der Waals surface area contributed by atoms with E-state index in [9.17, 15) is 18.9 Å². The van der Waals surface area contributed by atoms with Gasteiger partial charge in [0.25, 0.3) is 0 Å². The summed E-state index contributed by atoms with van der Waals surface area (Å²) < 4.78 is 20.0. The van der Waals surface area contributed by atoms with Crippen LogP contribution < -0.4 is 9.79 Å². The zero-order valence-electron chi connectivity index (χ0n) is 11.9. The minimum Gasteiger partial charge on any atom is -0.596 e. The van der Waals surface area contributed by atoms with E-state index in [4.69, 9.17) is 0 Å². The summed E-state index contributed by atoms with van der Waals surface area (Å²) in [6, 6.07) is 0. The van der Waals surface area contributed by atoms with Gasteiger partial charge in [-0.15, -0.1) is 0 Å². The van der Waals surface area contributed by atoms with Gasteiger partial charge >= 0.3 is 32.8 Å². The van der Waals surface area contributed by atoms with Gasteiger partial charge in [0.2, 0.25) is 0 Å². The molecule has 0 aromatic rings. The van der Waals surface area contributed by atoms with Crippen LogP contribution >= 0.6 is 16.1 Å². The second-order valence-corrected chi connectivity index (χ2v) is 6.46. The van der Waals surface area contributed by atoms with Gasteiger partial charge in [0, 0.05) is 0 Å². The molecule has 0 heterocycles. The molecule has 0 aromatic carbocycles. The average Bonchev–Trinajstić information content (AvgIpc) is 2.31. The summed E-state index contributed by atoms with van der Waals surface area (Å²) in [5.41, 5.74) is 0. The molecule has 7 heteroatoms. The first-order valence-corrected chi connectivity index (χ1v) is 9.50.